The molecule has 20 heavy (non-hydrogen) atoms. The van der Waals surface area contributed by atoms with Crippen LogP contribution in [0.15, 0.2) is 18.2 Å². The SMILES string of the molecule is CCCNCc1cccc(Cl)c1OCC(=O)NCC#N. The molecule has 0 bridgehead atoms. The molecule has 0 aromatic heterocycles. The van der Waals surface area contributed by atoms with Gasteiger partial charge < -0.3 is 15.4 Å². The molecule has 0 spiro atoms. The molecule has 0 heterocycles. The lowest BCUT2D eigenvalue weighted by Crippen LogP contribution is -2.29. The second kappa shape index (κ2) is 9.18. The highest BCUT2D eigenvalue weighted by atomic mass is 35.5. The van der Waals surface area contributed by atoms with Gasteiger partial charge in [0.15, 0.2) is 6.61 Å². The fourth-order valence-corrected chi connectivity index (χ4v) is 1.83. The van der Waals surface area contributed by atoms with E-state index in [0.29, 0.717) is 17.3 Å². The first-order chi connectivity index (χ1) is 9.69. The summed E-state index contributed by atoms with van der Waals surface area (Å²) in [6.45, 7) is 3.42. The van der Waals surface area contributed by atoms with Crippen molar-refractivity contribution in [2.24, 2.45) is 0 Å². The zero-order valence-electron chi connectivity index (χ0n) is 11.4. The number of carbonyl (C=O) groups excluding carboxylic acids is 1. The van der Waals surface area contributed by atoms with Gasteiger partial charge in [0.2, 0.25) is 0 Å². The number of carbonyl (C=O) groups is 1. The molecule has 0 unspecified atom stereocenters. The minimum atomic E-state index is -0.348. The maximum absolute atomic E-state index is 11.4. The summed E-state index contributed by atoms with van der Waals surface area (Å²) in [6.07, 6.45) is 1.04. The Morgan fingerprint density at radius 2 is 2.30 bits per heavy atom. The second-order valence-electron chi connectivity index (χ2n) is 4.13. The molecular weight excluding hydrogens is 278 g/mol. The van der Waals surface area contributed by atoms with E-state index < -0.39 is 0 Å². The first-order valence-corrected chi connectivity index (χ1v) is 6.81. The van der Waals surface area contributed by atoms with E-state index in [1.54, 1.807) is 6.07 Å². The third-order valence-corrected chi connectivity index (χ3v) is 2.80. The first kappa shape index (κ1) is 16.3. The van der Waals surface area contributed by atoms with Gasteiger partial charge in [0, 0.05) is 12.1 Å². The average molecular weight is 296 g/mol. The smallest absolute Gasteiger partial charge is 0.258 e. The summed E-state index contributed by atoms with van der Waals surface area (Å²) in [5, 5.41) is 14.5. The molecule has 6 heteroatoms. The summed E-state index contributed by atoms with van der Waals surface area (Å²) in [5.74, 6) is 0.156. The third-order valence-electron chi connectivity index (χ3n) is 2.50. The van der Waals surface area contributed by atoms with Crippen LogP contribution in [0.4, 0.5) is 0 Å². The van der Waals surface area contributed by atoms with Gasteiger partial charge in [0.05, 0.1) is 11.1 Å². The summed E-state index contributed by atoms with van der Waals surface area (Å²) < 4.78 is 5.46. The maximum atomic E-state index is 11.4. The van der Waals surface area contributed by atoms with Crippen LogP contribution >= 0.6 is 11.6 Å². The van der Waals surface area contributed by atoms with E-state index in [1.165, 1.54) is 0 Å². The number of rotatable bonds is 8. The number of benzene rings is 1. The fraction of sp³-hybridized carbons (Fsp3) is 0.429. The number of nitriles is 1. The van der Waals surface area contributed by atoms with E-state index in [0.717, 1.165) is 18.5 Å². The van der Waals surface area contributed by atoms with Crippen molar-refractivity contribution in [2.45, 2.75) is 19.9 Å². The average Bonchev–Trinajstić information content (AvgIpc) is 2.44. The zero-order valence-corrected chi connectivity index (χ0v) is 12.2. The quantitative estimate of drug-likeness (QED) is 0.567. The van der Waals surface area contributed by atoms with Gasteiger partial charge in [-0.15, -0.1) is 0 Å². The first-order valence-electron chi connectivity index (χ1n) is 6.43. The van der Waals surface area contributed by atoms with Crippen LogP contribution in [0.1, 0.15) is 18.9 Å². The van der Waals surface area contributed by atoms with Crippen LogP contribution in [0.5, 0.6) is 5.75 Å². The van der Waals surface area contributed by atoms with Gasteiger partial charge in [-0.2, -0.15) is 5.26 Å². The normalized spacial score (nSPS) is 9.85. The molecule has 1 rings (SSSR count). The molecule has 0 aliphatic rings. The predicted octanol–water partition coefficient (Wildman–Crippen LogP) is 1.86. The van der Waals surface area contributed by atoms with Crippen LogP contribution in [0, 0.1) is 11.3 Å². The van der Waals surface area contributed by atoms with Gasteiger partial charge in [-0.3, -0.25) is 4.79 Å². The molecule has 5 nitrogen and oxygen atoms in total. The zero-order chi connectivity index (χ0) is 14.8. The Morgan fingerprint density at radius 3 is 3.00 bits per heavy atom. The standard InChI is InChI=1S/C14H18ClN3O2/c1-2-7-17-9-11-4-3-5-12(15)14(11)20-10-13(19)18-8-6-16/h3-5,17H,2,7-10H2,1H3,(H,18,19). The molecule has 108 valence electrons. The molecule has 0 saturated carbocycles. The molecule has 0 fully saturated rings. The summed E-state index contributed by atoms with van der Waals surface area (Å²) in [7, 11) is 0. The molecule has 0 atom stereocenters. The number of amides is 1. The molecule has 1 aromatic rings. The number of hydrogen-bond acceptors (Lipinski definition) is 4. The third kappa shape index (κ3) is 5.47. The van der Waals surface area contributed by atoms with Crippen molar-refractivity contribution in [3.8, 4) is 11.8 Å². The van der Waals surface area contributed by atoms with Crippen LogP contribution in [0.25, 0.3) is 0 Å². The van der Waals surface area contributed by atoms with Gasteiger partial charge in [-0.05, 0) is 19.0 Å². The van der Waals surface area contributed by atoms with E-state index in [1.807, 2.05) is 18.2 Å². The Hall–Kier alpha value is -1.77. The van der Waals surface area contributed by atoms with Gasteiger partial charge in [0.1, 0.15) is 12.3 Å². The van der Waals surface area contributed by atoms with Crippen molar-refractivity contribution >= 4 is 17.5 Å². The summed E-state index contributed by atoms with van der Waals surface area (Å²) in [4.78, 5) is 11.4. The molecule has 0 radical (unpaired) electrons. The highest BCUT2D eigenvalue weighted by Gasteiger charge is 2.10. The van der Waals surface area contributed by atoms with E-state index in [-0.39, 0.29) is 19.1 Å². The largest absolute Gasteiger partial charge is 0.482 e. The molecule has 2 N–H and O–H groups in total. The Labute approximate surface area is 123 Å². The maximum Gasteiger partial charge on any atom is 0.258 e. The fourth-order valence-electron chi connectivity index (χ4n) is 1.58. The minimum absolute atomic E-state index is 0.0321. The van der Waals surface area contributed by atoms with Crippen molar-refractivity contribution in [3.05, 3.63) is 28.8 Å². The minimum Gasteiger partial charge on any atom is -0.482 e. The van der Waals surface area contributed by atoms with Gasteiger partial charge in [0.25, 0.3) is 5.91 Å². The molecule has 0 aliphatic heterocycles. The number of nitrogens with one attached hydrogen (secondary N) is 2. The topological polar surface area (TPSA) is 74.2 Å². The van der Waals surface area contributed by atoms with Crippen LogP contribution in [0.2, 0.25) is 5.02 Å². The highest BCUT2D eigenvalue weighted by Crippen LogP contribution is 2.28. The molecular formula is C14H18ClN3O2. The Bertz CT molecular complexity index is 486. The van der Waals surface area contributed by atoms with Crippen molar-refractivity contribution in [1.82, 2.24) is 10.6 Å². The second-order valence-corrected chi connectivity index (χ2v) is 4.54. The summed E-state index contributed by atoms with van der Waals surface area (Å²) in [5.41, 5.74) is 0.902. The lowest BCUT2D eigenvalue weighted by Gasteiger charge is -2.13. The lowest BCUT2D eigenvalue weighted by molar-refractivity contribution is -0.122. The Morgan fingerprint density at radius 1 is 1.50 bits per heavy atom. The van der Waals surface area contributed by atoms with E-state index in [9.17, 15) is 4.79 Å². The molecule has 0 saturated heterocycles. The summed E-state index contributed by atoms with van der Waals surface area (Å²) >= 11 is 6.09. The number of ether oxygens (including phenoxy) is 1. The van der Waals surface area contributed by atoms with Gasteiger partial charge >= 0.3 is 0 Å². The Balaban J connectivity index is 2.63. The van der Waals surface area contributed by atoms with Crippen LogP contribution in [-0.2, 0) is 11.3 Å². The number of hydrogen-bond donors (Lipinski definition) is 2. The van der Waals surface area contributed by atoms with E-state index >= 15 is 0 Å². The number of para-hydroxylation sites is 1. The van der Waals surface area contributed by atoms with Crippen molar-refractivity contribution in [1.29, 1.82) is 5.26 Å². The highest BCUT2D eigenvalue weighted by molar-refractivity contribution is 6.32. The van der Waals surface area contributed by atoms with Gasteiger partial charge in [-0.1, -0.05) is 30.7 Å². The summed E-state index contributed by atoms with van der Waals surface area (Å²) in [6, 6.07) is 7.29. The van der Waals surface area contributed by atoms with E-state index in [4.69, 9.17) is 21.6 Å². The van der Waals surface area contributed by atoms with Crippen molar-refractivity contribution in [2.75, 3.05) is 19.7 Å². The predicted molar refractivity (Wildman–Crippen MR) is 77.6 cm³/mol. The van der Waals surface area contributed by atoms with E-state index in [2.05, 4.69) is 17.6 Å². The van der Waals surface area contributed by atoms with Gasteiger partial charge in [-0.25, -0.2) is 0 Å². The monoisotopic (exact) mass is 295 g/mol. The Kier molecular flexibility index (Phi) is 7.48. The molecule has 0 aliphatic carbocycles. The van der Waals surface area contributed by atoms with Crippen LogP contribution in [0.3, 0.4) is 0 Å². The number of halogens is 1. The van der Waals surface area contributed by atoms with Crippen molar-refractivity contribution < 1.29 is 9.53 Å². The molecule has 1 aromatic carbocycles. The van der Waals surface area contributed by atoms with Crippen LogP contribution in [-0.4, -0.2) is 25.6 Å². The van der Waals surface area contributed by atoms with Crippen LogP contribution < -0.4 is 15.4 Å². The lowest BCUT2D eigenvalue weighted by atomic mass is 10.2. The number of nitrogens with zero attached hydrogens (tertiary/aromatic N) is 1. The van der Waals surface area contributed by atoms with Crippen molar-refractivity contribution in [3.63, 3.8) is 0 Å². The molecule has 1 amide bonds.